The van der Waals surface area contributed by atoms with Gasteiger partial charge in [0.1, 0.15) is 0 Å². The van der Waals surface area contributed by atoms with Crippen molar-refractivity contribution < 1.29 is 0 Å². The summed E-state index contributed by atoms with van der Waals surface area (Å²) < 4.78 is 0. The Hall–Kier alpha value is 1.25. The monoisotopic (exact) mass is 262 g/mol. The predicted octanol–water partition coefficient (Wildman–Crippen LogP) is 3.16. The molecule has 0 aromatic heterocycles. The van der Waals surface area contributed by atoms with Crippen molar-refractivity contribution in [2.45, 2.75) is 23.5 Å². The van der Waals surface area contributed by atoms with Crippen molar-refractivity contribution in [2.24, 2.45) is 0 Å². The molecule has 3 heteroatoms. The molecule has 0 aromatic rings. The van der Waals surface area contributed by atoms with E-state index in [0.717, 1.165) is 11.8 Å². The van der Waals surface area contributed by atoms with Gasteiger partial charge in [0.2, 0.25) is 0 Å². The van der Waals surface area contributed by atoms with Crippen LogP contribution in [0.2, 0.25) is 0 Å². The Labute approximate surface area is 72.2 Å². The summed E-state index contributed by atoms with van der Waals surface area (Å²) in [6.45, 7) is 1.99. The highest BCUT2D eigenvalue weighted by Gasteiger charge is 2.08. The van der Waals surface area contributed by atoms with Crippen LogP contribution < -0.4 is 0 Å². The molecule has 2 unspecified atom stereocenters. The molecule has 0 heterocycles. The Morgan fingerprint density at radius 3 is 2.25 bits per heavy atom. The van der Waals surface area contributed by atoms with Gasteiger partial charge in [-0.3, -0.25) is 0 Å². The van der Waals surface area contributed by atoms with Crippen LogP contribution in [0.4, 0.5) is 0 Å². The van der Waals surface area contributed by atoms with Gasteiger partial charge in [0.25, 0.3) is 0 Å². The molecule has 0 spiro atoms. The van der Waals surface area contributed by atoms with E-state index in [1.54, 1.807) is 0 Å². The lowest BCUT2D eigenvalue weighted by Crippen LogP contribution is -2.09. The van der Waals surface area contributed by atoms with Crippen LogP contribution in [-0.4, -0.2) is 15.5 Å². The Bertz CT molecular complexity index is 56.4. The van der Waals surface area contributed by atoms with Crippen molar-refractivity contribution in [1.82, 2.24) is 0 Å². The fourth-order valence-electron chi connectivity index (χ4n) is 0.334. The molecule has 0 nitrogen and oxygen atoms in total. The Morgan fingerprint density at radius 2 is 2.12 bits per heavy atom. The fourth-order valence-corrected chi connectivity index (χ4v) is 1.80. The average molecular weight is 264 g/mol. The summed E-state index contributed by atoms with van der Waals surface area (Å²) in [6.07, 6.45) is 1.09. The van der Waals surface area contributed by atoms with Gasteiger partial charge < -0.3 is 0 Å². The number of hydrogen-bond donors (Lipinski definition) is 0. The van der Waals surface area contributed by atoms with Crippen molar-refractivity contribution >= 4 is 43.5 Å². The van der Waals surface area contributed by atoms with Crippen LogP contribution in [0.1, 0.15) is 13.3 Å². The molecular weight excluding hydrogens is 255 g/mol. The summed E-state index contributed by atoms with van der Waals surface area (Å²) in [4.78, 5) is 0.448. The van der Waals surface area contributed by atoms with Crippen molar-refractivity contribution in [1.29, 1.82) is 0 Å². The van der Waals surface area contributed by atoms with E-state index < -0.39 is 0 Å². The van der Waals surface area contributed by atoms with E-state index in [1.807, 2.05) is 6.92 Å². The standard InChI is InChI=1S/C5H9Br2Cl/c1-4(8)5(7)2-3-6/h4-5H,2-3H2,1H3. The summed E-state index contributed by atoms with van der Waals surface area (Å²) >= 11 is 12.5. The maximum Gasteiger partial charge on any atom is 0.0433 e. The largest absolute Gasteiger partial charge is 0.122 e. The third-order valence-electron chi connectivity index (χ3n) is 0.883. The highest BCUT2D eigenvalue weighted by molar-refractivity contribution is 9.10. The van der Waals surface area contributed by atoms with Crippen LogP contribution >= 0.6 is 43.5 Å². The second kappa shape index (κ2) is 5.07. The van der Waals surface area contributed by atoms with E-state index in [0.29, 0.717) is 4.83 Å². The van der Waals surface area contributed by atoms with Crippen molar-refractivity contribution in [3.05, 3.63) is 0 Å². The zero-order chi connectivity index (χ0) is 6.57. The SMILES string of the molecule is CC(Cl)C(Br)CCBr. The first kappa shape index (κ1) is 9.25. The van der Waals surface area contributed by atoms with Gasteiger partial charge in [-0.15, -0.1) is 11.6 Å². The summed E-state index contributed by atoms with van der Waals surface area (Å²) in [5.74, 6) is 0. The van der Waals surface area contributed by atoms with E-state index in [2.05, 4.69) is 31.9 Å². The molecule has 50 valence electrons. The highest BCUT2D eigenvalue weighted by atomic mass is 79.9. The molecule has 0 aliphatic carbocycles. The number of hydrogen-bond acceptors (Lipinski definition) is 0. The van der Waals surface area contributed by atoms with Gasteiger partial charge in [0.15, 0.2) is 0 Å². The first-order valence-corrected chi connectivity index (χ1v) is 5.00. The van der Waals surface area contributed by atoms with E-state index >= 15 is 0 Å². The second-order valence-corrected chi connectivity index (χ2v) is 4.33. The van der Waals surface area contributed by atoms with Crippen LogP contribution in [0.25, 0.3) is 0 Å². The molecule has 0 saturated heterocycles. The molecule has 0 bridgehead atoms. The van der Waals surface area contributed by atoms with Gasteiger partial charge in [0.05, 0.1) is 0 Å². The second-order valence-electron chi connectivity index (χ2n) is 1.67. The minimum Gasteiger partial charge on any atom is -0.122 e. The first-order valence-electron chi connectivity index (χ1n) is 2.52. The highest BCUT2D eigenvalue weighted by Crippen LogP contribution is 2.15. The molecule has 0 aliphatic heterocycles. The molecule has 2 atom stereocenters. The summed E-state index contributed by atoms with van der Waals surface area (Å²) in [6, 6.07) is 0. The molecule has 0 N–H and O–H groups in total. The maximum absolute atomic E-state index is 5.74. The Morgan fingerprint density at radius 1 is 1.62 bits per heavy atom. The molecule has 8 heavy (non-hydrogen) atoms. The van der Waals surface area contributed by atoms with Crippen molar-refractivity contribution in [2.75, 3.05) is 5.33 Å². The van der Waals surface area contributed by atoms with Gasteiger partial charge in [-0.05, 0) is 13.3 Å². The lowest BCUT2D eigenvalue weighted by Gasteiger charge is -2.08. The summed E-state index contributed by atoms with van der Waals surface area (Å²) in [5, 5.41) is 1.24. The van der Waals surface area contributed by atoms with Crippen LogP contribution in [0.5, 0.6) is 0 Å². The normalized spacial score (nSPS) is 18.0. The van der Waals surface area contributed by atoms with Crippen molar-refractivity contribution in [3.63, 3.8) is 0 Å². The lowest BCUT2D eigenvalue weighted by atomic mass is 10.3. The van der Waals surface area contributed by atoms with Gasteiger partial charge in [-0.25, -0.2) is 0 Å². The zero-order valence-electron chi connectivity index (χ0n) is 4.70. The van der Waals surface area contributed by atoms with Gasteiger partial charge >= 0.3 is 0 Å². The third kappa shape index (κ3) is 4.16. The van der Waals surface area contributed by atoms with E-state index in [9.17, 15) is 0 Å². The molecule has 0 amide bonds. The average Bonchev–Trinajstić information content (AvgIpc) is 1.67. The lowest BCUT2D eigenvalue weighted by molar-refractivity contribution is 0.824. The van der Waals surface area contributed by atoms with Gasteiger partial charge in [0, 0.05) is 15.5 Å². The zero-order valence-corrected chi connectivity index (χ0v) is 8.63. The predicted molar refractivity (Wildman–Crippen MR) is 46.4 cm³/mol. The Balaban J connectivity index is 3.17. The minimum atomic E-state index is 0.229. The summed E-state index contributed by atoms with van der Waals surface area (Å²) in [5.41, 5.74) is 0. The Kier molecular flexibility index (Phi) is 5.86. The molecule has 0 aliphatic rings. The van der Waals surface area contributed by atoms with Crippen LogP contribution in [-0.2, 0) is 0 Å². The molecular formula is C5H9Br2Cl. The minimum absolute atomic E-state index is 0.229. The quantitative estimate of drug-likeness (QED) is 0.687. The van der Waals surface area contributed by atoms with Gasteiger partial charge in [-0.2, -0.15) is 0 Å². The molecule has 0 saturated carbocycles. The number of halogens is 3. The fraction of sp³-hybridized carbons (Fsp3) is 1.00. The molecule has 0 aromatic carbocycles. The third-order valence-corrected chi connectivity index (χ3v) is 3.20. The van der Waals surface area contributed by atoms with Crippen LogP contribution in [0.15, 0.2) is 0 Å². The number of rotatable bonds is 3. The van der Waals surface area contributed by atoms with Crippen molar-refractivity contribution in [3.8, 4) is 0 Å². The smallest absolute Gasteiger partial charge is 0.0433 e. The van der Waals surface area contributed by atoms with Crippen LogP contribution in [0, 0.1) is 0 Å². The maximum atomic E-state index is 5.74. The van der Waals surface area contributed by atoms with E-state index in [4.69, 9.17) is 11.6 Å². The van der Waals surface area contributed by atoms with E-state index in [-0.39, 0.29) is 5.38 Å². The van der Waals surface area contributed by atoms with E-state index in [1.165, 1.54) is 0 Å². The number of alkyl halides is 3. The van der Waals surface area contributed by atoms with Crippen LogP contribution in [0.3, 0.4) is 0 Å². The summed E-state index contributed by atoms with van der Waals surface area (Å²) in [7, 11) is 0. The molecule has 0 radical (unpaired) electrons. The topological polar surface area (TPSA) is 0 Å². The first-order chi connectivity index (χ1) is 3.68. The molecule has 0 fully saturated rings. The van der Waals surface area contributed by atoms with Gasteiger partial charge in [-0.1, -0.05) is 31.9 Å². The molecule has 0 rings (SSSR count).